The summed E-state index contributed by atoms with van der Waals surface area (Å²) in [6.07, 6.45) is 1.60. The van der Waals surface area contributed by atoms with E-state index in [1.165, 1.54) is 18.2 Å². The Bertz CT molecular complexity index is 810. The Hall–Kier alpha value is -2.73. The van der Waals surface area contributed by atoms with Crippen molar-refractivity contribution in [3.05, 3.63) is 58.6 Å². The van der Waals surface area contributed by atoms with E-state index in [4.69, 9.17) is 11.6 Å². The first-order valence-corrected chi connectivity index (χ1v) is 9.14. The highest BCUT2D eigenvalue weighted by Crippen LogP contribution is 2.23. The summed E-state index contributed by atoms with van der Waals surface area (Å²) in [6.45, 7) is 1.00. The molecule has 0 spiro atoms. The van der Waals surface area contributed by atoms with Gasteiger partial charge in [-0.05, 0) is 42.7 Å². The van der Waals surface area contributed by atoms with E-state index < -0.39 is 0 Å². The number of rotatable bonds is 4. The highest BCUT2D eigenvalue weighted by Gasteiger charge is 2.25. The van der Waals surface area contributed by atoms with Gasteiger partial charge in [-0.2, -0.15) is 0 Å². The Morgan fingerprint density at radius 2 is 1.63 bits per heavy atom. The summed E-state index contributed by atoms with van der Waals surface area (Å²) in [6, 6.07) is 11.0. The van der Waals surface area contributed by atoms with Crippen molar-refractivity contribution in [2.45, 2.75) is 25.3 Å². The van der Waals surface area contributed by atoms with E-state index in [0.29, 0.717) is 37.4 Å². The van der Waals surface area contributed by atoms with Crippen LogP contribution in [0.4, 0.5) is 0 Å². The van der Waals surface area contributed by atoms with Crippen LogP contribution in [-0.4, -0.2) is 46.1 Å². The molecular formula is C20H21ClN2O4. The average Bonchev–Trinajstić information content (AvgIpc) is 2.63. The smallest absolute Gasteiger partial charge is 0.254 e. The molecule has 1 saturated heterocycles. The number of carbonyl (C=O) groups excluding carboxylic acids is 2. The standard InChI is InChI=1S/C20H21ClN2O4/c21-15-3-1-13(2-4-15)9-19(26)22-16-5-7-23(8-6-16)20(27)14-10-17(24)12-18(25)11-14/h1-4,10-12,16,24-25H,5-9H2,(H,22,26). The van der Waals surface area contributed by atoms with Gasteiger partial charge in [0.1, 0.15) is 11.5 Å². The van der Waals surface area contributed by atoms with E-state index >= 15 is 0 Å². The highest BCUT2D eigenvalue weighted by atomic mass is 35.5. The Labute approximate surface area is 162 Å². The van der Waals surface area contributed by atoms with Crippen molar-refractivity contribution in [3.8, 4) is 11.5 Å². The number of aromatic hydroxyl groups is 2. The van der Waals surface area contributed by atoms with Gasteiger partial charge in [-0.25, -0.2) is 0 Å². The molecule has 1 heterocycles. The SMILES string of the molecule is O=C(Cc1ccc(Cl)cc1)NC1CCN(C(=O)c2cc(O)cc(O)c2)CC1. The predicted molar refractivity (Wildman–Crippen MR) is 102 cm³/mol. The molecule has 0 atom stereocenters. The van der Waals surface area contributed by atoms with Gasteiger partial charge in [0.25, 0.3) is 5.91 Å². The Morgan fingerprint density at radius 3 is 2.22 bits per heavy atom. The van der Waals surface area contributed by atoms with E-state index in [0.717, 1.165) is 5.56 Å². The summed E-state index contributed by atoms with van der Waals surface area (Å²) >= 11 is 5.84. The molecule has 0 unspecified atom stereocenters. The van der Waals surface area contributed by atoms with Crippen LogP contribution in [0, 0.1) is 0 Å². The minimum atomic E-state index is -0.243. The molecule has 1 aliphatic rings. The molecule has 0 aromatic heterocycles. The van der Waals surface area contributed by atoms with Crippen molar-refractivity contribution >= 4 is 23.4 Å². The summed E-state index contributed by atoms with van der Waals surface area (Å²) in [7, 11) is 0. The van der Waals surface area contributed by atoms with Crippen molar-refractivity contribution in [1.29, 1.82) is 0 Å². The van der Waals surface area contributed by atoms with Crippen LogP contribution in [0.25, 0.3) is 0 Å². The molecule has 142 valence electrons. The molecule has 1 aliphatic heterocycles. The number of amides is 2. The molecule has 0 radical (unpaired) electrons. The minimum Gasteiger partial charge on any atom is -0.508 e. The fourth-order valence-electron chi connectivity index (χ4n) is 3.19. The number of piperidine rings is 1. The van der Waals surface area contributed by atoms with Crippen LogP contribution in [0.2, 0.25) is 5.02 Å². The normalized spacial score (nSPS) is 14.8. The average molecular weight is 389 g/mol. The van der Waals surface area contributed by atoms with Crippen molar-refractivity contribution in [3.63, 3.8) is 0 Å². The maximum absolute atomic E-state index is 12.5. The van der Waals surface area contributed by atoms with Gasteiger partial charge in [-0.3, -0.25) is 9.59 Å². The Kier molecular flexibility index (Phi) is 5.86. The molecule has 6 nitrogen and oxygen atoms in total. The zero-order valence-corrected chi connectivity index (χ0v) is 15.4. The molecule has 1 fully saturated rings. The van der Waals surface area contributed by atoms with Gasteiger partial charge >= 0.3 is 0 Å². The number of carbonyl (C=O) groups is 2. The molecule has 27 heavy (non-hydrogen) atoms. The van der Waals surface area contributed by atoms with Gasteiger partial charge in [0, 0.05) is 35.8 Å². The number of phenols is 2. The van der Waals surface area contributed by atoms with Crippen molar-refractivity contribution < 1.29 is 19.8 Å². The Morgan fingerprint density at radius 1 is 1.04 bits per heavy atom. The number of phenolic OH excluding ortho intramolecular Hbond substituents is 2. The van der Waals surface area contributed by atoms with Crippen LogP contribution in [0.1, 0.15) is 28.8 Å². The molecular weight excluding hydrogens is 368 g/mol. The van der Waals surface area contributed by atoms with E-state index in [9.17, 15) is 19.8 Å². The van der Waals surface area contributed by atoms with Gasteiger partial charge < -0.3 is 20.4 Å². The summed E-state index contributed by atoms with van der Waals surface area (Å²) in [5, 5.41) is 22.7. The number of nitrogens with zero attached hydrogens (tertiary/aromatic N) is 1. The third-order valence-electron chi connectivity index (χ3n) is 4.57. The van der Waals surface area contributed by atoms with Crippen LogP contribution in [0.5, 0.6) is 11.5 Å². The first-order valence-electron chi connectivity index (χ1n) is 8.77. The van der Waals surface area contributed by atoms with E-state index in [1.807, 2.05) is 12.1 Å². The molecule has 2 aromatic carbocycles. The topological polar surface area (TPSA) is 89.9 Å². The number of benzene rings is 2. The van der Waals surface area contributed by atoms with Crippen LogP contribution >= 0.6 is 11.6 Å². The summed E-state index contributed by atoms with van der Waals surface area (Å²) in [4.78, 5) is 26.4. The van der Waals surface area contributed by atoms with Gasteiger partial charge in [-0.15, -0.1) is 0 Å². The van der Waals surface area contributed by atoms with Crippen LogP contribution in [0.15, 0.2) is 42.5 Å². The lowest BCUT2D eigenvalue weighted by atomic mass is 10.0. The molecule has 3 rings (SSSR count). The van der Waals surface area contributed by atoms with Gasteiger partial charge in [0.2, 0.25) is 5.91 Å². The largest absolute Gasteiger partial charge is 0.508 e. The lowest BCUT2D eigenvalue weighted by Crippen LogP contribution is -2.46. The molecule has 0 aliphatic carbocycles. The van der Waals surface area contributed by atoms with Crippen LogP contribution < -0.4 is 5.32 Å². The number of halogens is 1. The molecule has 2 aromatic rings. The molecule has 3 N–H and O–H groups in total. The van der Waals surface area contributed by atoms with E-state index in [2.05, 4.69) is 5.32 Å². The maximum atomic E-state index is 12.5. The minimum absolute atomic E-state index is 0.0198. The highest BCUT2D eigenvalue weighted by molar-refractivity contribution is 6.30. The fourth-order valence-corrected chi connectivity index (χ4v) is 3.32. The quantitative estimate of drug-likeness (QED) is 0.751. The van der Waals surface area contributed by atoms with Gasteiger partial charge in [-0.1, -0.05) is 23.7 Å². The van der Waals surface area contributed by atoms with Crippen molar-refractivity contribution in [2.75, 3.05) is 13.1 Å². The predicted octanol–water partition coefficient (Wildman–Crippen LogP) is 2.71. The first-order chi connectivity index (χ1) is 12.9. The zero-order chi connectivity index (χ0) is 19.4. The second-order valence-electron chi connectivity index (χ2n) is 6.68. The fraction of sp³-hybridized carbons (Fsp3) is 0.300. The Balaban J connectivity index is 1.50. The third-order valence-corrected chi connectivity index (χ3v) is 4.83. The molecule has 0 saturated carbocycles. The number of likely N-dealkylation sites (tertiary alicyclic amines) is 1. The molecule has 2 amide bonds. The van der Waals surface area contributed by atoms with Crippen molar-refractivity contribution in [1.82, 2.24) is 10.2 Å². The summed E-state index contributed by atoms with van der Waals surface area (Å²) in [5.74, 6) is -0.599. The molecule has 0 bridgehead atoms. The summed E-state index contributed by atoms with van der Waals surface area (Å²) in [5.41, 5.74) is 1.14. The summed E-state index contributed by atoms with van der Waals surface area (Å²) < 4.78 is 0. The van der Waals surface area contributed by atoms with E-state index in [-0.39, 0.29) is 34.9 Å². The van der Waals surface area contributed by atoms with Crippen LogP contribution in [-0.2, 0) is 11.2 Å². The van der Waals surface area contributed by atoms with Gasteiger partial charge in [0.15, 0.2) is 0 Å². The second kappa shape index (κ2) is 8.31. The van der Waals surface area contributed by atoms with Gasteiger partial charge in [0.05, 0.1) is 6.42 Å². The zero-order valence-electron chi connectivity index (χ0n) is 14.7. The van der Waals surface area contributed by atoms with E-state index in [1.54, 1.807) is 17.0 Å². The lowest BCUT2D eigenvalue weighted by Gasteiger charge is -2.32. The number of hydrogen-bond donors (Lipinski definition) is 3. The number of hydrogen-bond acceptors (Lipinski definition) is 4. The number of nitrogens with one attached hydrogen (secondary N) is 1. The second-order valence-corrected chi connectivity index (χ2v) is 7.11. The monoisotopic (exact) mass is 388 g/mol. The lowest BCUT2D eigenvalue weighted by molar-refractivity contribution is -0.121. The third kappa shape index (κ3) is 5.14. The molecule has 7 heteroatoms. The van der Waals surface area contributed by atoms with Crippen LogP contribution in [0.3, 0.4) is 0 Å². The first kappa shape index (κ1) is 19.0. The maximum Gasteiger partial charge on any atom is 0.254 e. The van der Waals surface area contributed by atoms with Crippen molar-refractivity contribution in [2.24, 2.45) is 0 Å².